The van der Waals surface area contributed by atoms with Crippen LogP contribution in [0.3, 0.4) is 0 Å². The molecule has 0 saturated carbocycles. The second kappa shape index (κ2) is 5.25. The van der Waals surface area contributed by atoms with Gasteiger partial charge in [-0.2, -0.15) is 13.2 Å². The summed E-state index contributed by atoms with van der Waals surface area (Å²) in [5.74, 6) is -0.527. The van der Waals surface area contributed by atoms with Crippen molar-refractivity contribution in [2.75, 3.05) is 0 Å². The Morgan fingerprint density at radius 3 is 2.20 bits per heavy atom. The van der Waals surface area contributed by atoms with Crippen LogP contribution in [-0.4, -0.2) is 5.24 Å². The molecule has 0 unspecified atom stereocenters. The zero-order chi connectivity index (χ0) is 14.9. The normalized spacial score (nSPS) is 11.4. The molecule has 0 spiro atoms. The maximum Gasteiger partial charge on any atom is 0.417 e. The van der Waals surface area contributed by atoms with E-state index in [1.807, 2.05) is 0 Å². The molecule has 2 rings (SSSR count). The first-order valence-corrected chi connectivity index (χ1v) is 5.84. The molecular weight excluding hydrogens is 296 g/mol. The van der Waals surface area contributed by atoms with Crippen molar-refractivity contribution in [3.8, 4) is 11.1 Å². The molecule has 0 aromatic heterocycles. The van der Waals surface area contributed by atoms with Crippen LogP contribution in [0.4, 0.5) is 17.6 Å². The minimum atomic E-state index is -4.68. The highest BCUT2D eigenvalue weighted by atomic mass is 35.5. The average molecular weight is 303 g/mol. The molecule has 0 bridgehead atoms. The Morgan fingerprint density at radius 2 is 1.65 bits per heavy atom. The molecule has 0 aliphatic carbocycles. The Kier molecular flexibility index (Phi) is 3.81. The number of hydrogen-bond acceptors (Lipinski definition) is 1. The maximum atomic E-state index is 13.1. The lowest BCUT2D eigenvalue weighted by molar-refractivity contribution is -0.137. The quantitative estimate of drug-likeness (QED) is 0.570. The summed E-state index contributed by atoms with van der Waals surface area (Å²) in [7, 11) is 0. The van der Waals surface area contributed by atoms with Gasteiger partial charge in [-0.3, -0.25) is 4.79 Å². The molecule has 2 aromatic rings. The monoisotopic (exact) mass is 302 g/mol. The highest BCUT2D eigenvalue weighted by Crippen LogP contribution is 2.35. The van der Waals surface area contributed by atoms with Crippen molar-refractivity contribution in [1.29, 1.82) is 0 Å². The number of alkyl halides is 3. The molecule has 6 heteroatoms. The van der Waals surface area contributed by atoms with Gasteiger partial charge >= 0.3 is 6.18 Å². The summed E-state index contributed by atoms with van der Waals surface area (Å²) in [6.45, 7) is 0. The van der Waals surface area contributed by atoms with E-state index in [1.54, 1.807) is 0 Å². The molecule has 0 atom stereocenters. The molecule has 2 aromatic carbocycles. The highest BCUT2D eigenvalue weighted by Gasteiger charge is 2.35. The number of rotatable bonds is 2. The minimum absolute atomic E-state index is 0.279. The third-order valence-corrected chi connectivity index (χ3v) is 2.90. The Bertz CT molecular complexity index is 664. The number of hydrogen-bond donors (Lipinski definition) is 0. The van der Waals surface area contributed by atoms with Crippen LogP contribution < -0.4 is 0 Å². The van der Waals surface area contributed by atoms with E-state index in [0.717, 1.165) is 18.2 Å². The predicted molar refractivity (Wildman–Crippen MR) is 67.0 cm³/mol. The third-order valence-electron chi connectivity index (χ3n) is 2.69. The van der Waals surface area contributed by atoms with E-state index < -0.39 is 28.4 Å². The topological polar surface area (TPSA) is 17.1 Å². The van der Waals surface area contributed by atoms with Gasteiger partial charge in [0.05, 0.1) is 5.56 Å². The SMILES string of the molecule is O=C(Cl)c1cc(-c2cccc(F)c2)ccc1C(F)(F)F. The zero-order valence-corrected chi connectivity index (χ0v) is 10.6. The van der Waals surface area contributed by atoms with Crippen molar-refractivity contribution in [2.45, 2.75) is 6.18 Å². The fraction of sp³-hybridized carbons (Fsp3) is 0.0714. The standard InChI is InChI=1S/C14H7ClF4O/c15-13(20)11-7-9(4-5-12(11)14(17,18)19)8-2-1-3-10(16)6-8/h1-7H. The van der Waals surface area contributed by atoms with Crippen molar-refractivity contribution < 1.29 is 22.4 Å². The summed E-state index contributed by atoms with van der Waals surface area (Å²) in [5.41, 5.74) is -1.13. The van der Waals surface area contributed by atoms with Gasteiger partial charge in [0.15, 0.2) is 0 Å². The first-order chi connectivity index (χ1) is 9.29. The molecule has 0 aliphatic heterocycles. The van der Waals surface area contributed by atoms with Crippen molar-refractivity contribution >= 4 is 16.8 Å². The van der Waals surface area contributed by atoms with Gasteiger partial charge in [0, 0.05) is 5.56 Å². The van der Waals surface area contributed by atoms with Crippen molar-refractivity contribution in [2.24, 2.45) is 0 Å². The Labute approximate surface area is 116 Å². The number of halogens is 5. The van der Waals surface area contributed by atoms with Gasteiger partial charge in [-0.1, -0.05) is 18.2 Å². The van der Waals surface area contributed by atoms with Crippen molar-refractivity contribution in [3.63, 3.8) is 0 Å². The molecule has 0 amide bonds. The van der Waals surface area contributed by atoms with E-state index in [2.05, 4.69) is 0 Å². The van der Waals surface area contributed by atoms with Gasteiger partial charge in [0.2, 0.25) is 0 Å². The van der Waals surface area contributed by atoms with Crippen LogP contribution in [0.5, 0.6) is 0 Å². The fourth-order valence-electron chi connectivity index (χ4n) is 1.80. The van der Waals surface area contributed by atoms with Gasteiger partial charge in [-0.05, 0) is 47.0 Å². The van der Waals surface area contributed by atoms with Crippen LogP contribution in [0.1, 0.15) is 15.9 Å². The smallest absolute Gasteiger partial charge is 0.276 e. The highest BCUT2D eigenvalue weighted by molar-refractivity contribution is 6.68. The lowest BCUT2D eigenvalue weighted by Crippen LogP contribution is -2.10. The van der Waals surface area contributed by atoms with Gasteiger partial charge < -0.3 is 0 Å². The van der Waals surface area contributed by atoms with E-state index in [9.17, 15) is 22.4 Å². The van der Waals surface area contributed by atoms with E-state index in [-0.39, 0.29) is 5.56 Å². The molecule has 0 aliphatic rings. The Hall–Kier alpha value is -1.88. The number of carbonyl (C=O) groups is 1. The third kappa shape index (κ3) is 2.99. The van der Waals surface area contributed by atoms with E-state index in [4.69, 9.17) is 11.6 Å². The van der Waals surface area contributed by atoms with Crippen molar-refractivity contribution in [3.05, 3.63) is 59.4 Å². The summed E-state index contributed by atoms with van der Waals surface area (Å²) in [6, 6.07) is 8.24. The van der Waals surface area contributed by atoms with E-state index >= 15 is 0 Å². The van der Waals surface area contributed by atoms with E-state index in [0.29, 0.717) is 5.56 Å². The molecule has 20 heavy (non-hydrogen) atoms. The lowest BCUT2D eigenvalue weighted by Gasteiger charge is -2.12. The molecule has 1 nitrogen and oxygen atoms in total. The first-order valence-electron chi connectivity index (χ1n) is 5.46. The molecule has 0 fully saturated rings. The van der Waals surface area contributed by atoms with Gasteiger partial charge in [0.25, 0.3) is 5.24 Å². The molecule has 104 valence electrons. The van der Waals surface area contributed by atoms with E-state index in [1.165, 1.54) is 24.3 Å². The maximum absolute atomic E-state index is 13.1. The van der Waals surface area contributed by atoms with Crippen LogP contribution in [0, 0.1) is 5.82 Å². The molecule has 0 heterocycles. The summed E-state index contributed by atoms with van der Waals surface area (Å²) in [5, 5.41) is -1.21. The van der Waals surface area contributed by atoms with Crippen molar-refractivity contribution in [1.82, 2.24) is 0 Å². The fourth-order valence-corrected chi connectivity index (χ4v) is 1.96. The van der Waals surface area contributed by atoms with Crippen LogP contribution in [0.15, 0.2) is 42.5 Å². The molecule has 0 N–H and O–H groups in total. The first kappa shape index (κ1) is 14.5. The second-order valence-electron chi connectivity index (χ2n) is 4.04. The van der Waals surface area contributed by atoms with Gasteiger partial charge in [-0.25, -0.2) is 4.39 Å². The Balaban J connectivity index is 2.59. The molecule has 0 saturated heterocycles. The van der Waals surface area contributed by atoms with Crippen LogP contribution in [0.2, 0.25) is 0 Å². The second-order valence-corrected chi connectivity index (χ2v) is 4.39. The predicted octanol–water partition coefficient (Wildman–Crippen LogP) is 4.89. The molecule has 0 radical (unpaired) electrons. The summed E-state index contributed by atoms with van der Waals surface area (Å²) in [4.78, 5) is 11.2. The van der Waals surface area contributed by atoms with Crippen LogP contribution >= 0.6 is 11.6 Å². The summed E-state index contributed by atoms with van der Waals surface area (Å²) >= 11 is 5.19. The zero-order valence-electron chi connectivity index (χ0n) is 9.84. The lowest BCUT2D eigenvalue weighted by atomic mass is 9.99. The van der Waals surface area contributed by atoms with Crippen LogP contribution in [0.25, 0.3) is 11.1 Å². The van der Waals surface area contributed by atoms with Gasteiger partial charge in [-0.15, -0.1) is 0 Å². The average Bonchev–Trinajstić information content (AvgIpc) is 2.37. The summed E-state index contributed by atoms with van der Waals surface area (Å²) in [6.07, 6.45) is -4.68. The molecular formula is C14H7ClF4O. The number of carbonyl (C=O) groups excluding carboxylic acids is 1. The summed E-state index contributed by atoms with van der Waals surface area (Å²) < 4.78 is 51.3. The number of benzene rings is 2. The van der Waals surface area contributed by atoms with Gasteiger partial charge in [0.1, 0.15) is 5.82 Å². The van der Waals surface area contributed by atoms with Crippen LogP contribution in [-0.2, 0) is 6.18 Å². The Morgan fingerprint density at radius 1 is 1.00 bits per heavy atom. The minimum Gasteiger partial charge on any atom is -0.276 e. The largest absolute Gasteiger partial charge is 0.417 e.